The van der Waals surface area contributed by atoms with Crippen molar-refractivity contribution in [3.05, 3.63) is 63.9 Å². The summed E-state index contributed by atoms with van der Waals surface area (Å²) < 4.78 is 28.7. The van der Waals surface area contributed by atoms with E-state index in [9.17, 15) is 33.4 Å². The Bertz CT molecular complexity index is 1240. The number of carboxylic acids is 1. The minimum absolute atomic E-state index is 0.000307. The molecule has 1 fully saturated rings. The zero-order chi connectivity index (χ0) is 20.9. The number of amides is 1. The molecule has 2 N–H and O–H groups in total. The first-order valence-electron chi connectivity index (χ1n) is 8.50. The van der Waals surface area contributed by atoms with Gasteiger partial charge in [0, 0.05) is 12.3 Å². The molecule has 3 heterocycles. The molecule has 4 rings (SSSR count). The van der Waals surface area contributed by atoms with Crippen molar-refractivity contribution < 1.29 is 28.6 Å². The van der Waals surface area contributed by atoms with Crippen LogP contribution in [0, 0.1) is 11.6 Å². The van der Waals surface area contributed by atoms with Crippen LogP contribution in [0.2, 0.25) is 0 Å². The van der Waals surface area contributed by atoms with E-state index in [-0.39, 0.29) is 41.4 Å². The molecule has 148 valence electrons. The lowest BCUT2D eigenvalue weighted by atomic mass is 10.1. The van der Waals surface area contributed by atoms with Crippen LogP contribution in [0.25, 0.3) is 16.7 Å². The number of rotatable bonds is 3. The van der Waals surface area contributed by atoms with Crippen molar-refractivity contribution in [2.45, 2.75) is 12.5 Å². The number of hydrogen-bond donors (Lipinski definition) is 2. The summed E-state index contributed by atoms with van der Waals surface area (Å²) in [5, 5.41) is 18.9. The first kappa shape index (κ1) is 18.7. The molecule has 1 aromatic carbocycles. The van der Waals surface area contributed by atoms with Crippen LogP contribution < -0.4 is 10.3 Å². The van der Waals surface area contributed by atoms with Crippen LogP contribution in [0.1, 0.15) is 16.8 Å². The molecule has 1 saturated heterocycles. The molecule has 1 aliphatic heterocycles. The maximum atomic E-state index is 14.4. The van der Waals surface area contributed by atoms with E-state index in [2.05, 4.69) is 4.98 Å². The Balaban J connectivity index is 2.02. The molecular formula is C19H13F2N3O5. The van der Waals surface area contributed by atoms with Gasteiger partial charge in [-0.1, -0.05) is 0 Å². The zero-order valence-electron chi connectivity index (χ0n) is 14.7. The van der Waals surface area contributed by atoms with Gasteiger partial charge in [-0.15, -0.1) is 0 Å². The van der Waals surface area contributed by atoms with Gasteiger partial charge in [0.05, 0.1) is 30.1 Å². The van der Waals surface area contributed by atoms with Crippen molar-refractivity contribution >= 4 is 28.7 Å². The lowest BCUT2D eigenvalue weighted by Crippen LogP contribution is -2.27. The first-order valence-corrected chi connectivity index (χ1v) is 8.50. The number of β-amino-alcohol motifs (C(OH)–C–C–N with tert-alkyl or cyclic N) is 1. The number of halogens is 2. The summed E-state index contributed by atoms with van der Waals surface area (Å²) in [5.41, 5.74) is -1.80. The average Bonchev–Trinajstić information content (AvgIpc) is 3.00. The number of aromatic carboxylic acids is 1. The van der Waals surface area contributed by atoms with Crippen molar-refractivity contribution in [1.29, 1.82) is 0 Å². The Morgan fingerprint density at radius 3 is 2.55 bits per heavy atom. The molecule has 0 aliphatic carbocycles. The smallest absolute Gasteiger partial charge is 0.341 e. The standard InChI is InChI=1S/C19H13F2N3O5/c20-9-1-3-14(13(21)5-9)23-8-12(19(28)29)17(27)11-2-4-15(22-18(11)23)24-7-10(25)6-16(24)26/h1-5,8,10,25H,6-7H2,(H,28,29)/t10-/m0/s1. The number of carbonyl (C=O) groups excluding carboxylic acids is 1. The van der Waals surface area contributed by atoms with Crippen LogP contribution in [0.3, 0.4) is 0 Å². The highest BCUT2D eigenvalue weighted by molar-refractivity contribution is 5.97. The fraction of sp³-hybridized carbons (Fsp3) is 0.158. The van der Waals surface area contributed by atoms with Gasteiger partial charge in [-0.3, -0.25) is 19.1 Å². The van der Waals surface area contributed by atoms with Crippen LogP contribution >= 0.6 is 0 Å². The molecule has 1 amide bonds. The van der Waals surface area contributed by atoms with Crippen molar-refractivity contribution in [3.8, 4) is 5.69 Å². The van der Waals surface area contributed by atoms with Gasteiger partial charge in [-0.2, -0.15) is 0 Å². The predicted molar refractivity (Wildman–Crippen MR) is 97.2 cm³/mol. The van der Waals surface area contributed by atoms with E-state index < -0.39 is 34.7 Å². The number of aromatic nitrogens is 2. The molecule has 1 atom stereocenters. The number of pyridine rings is 2. The van der Waals surface area contributed by atoms with E-state index >= 15 is 0 Å². The molecule has 0 saturated carbocycles. The SMILES string of the molecule is O=C(O)c1cn(-c2ccc(F)cc2F)c2nc(N3C[C@@H](O)CC3=O)ccc2c1=O. The lowest BCUT2D eigenvalue weighted by Gasteiger charge is -2.17. The van der Waals surface area contributed by atoms with Gasteiger partial charge in [-0.05, 0) is 24.3 Å². The van der Waals surface area contributed by atoms with Gasteiger partial charge in [0.1, 0.15) is 23.0 Å². The average molecular weight is 401 g/mol. The third-order valence-electron chi connectivity index (χ3n) is 4.62. The van der Waals surface area contributed by atoms with E-state index in [0.717, 1.165) is 22.9 Å². The van der Waals surface area contributed by atoms with Gasteiger partial charge >= 0.3 is 5.97 Å². The third kappa shape index (κ3) is 3.13. The molecule has 0 bridgehead atoms. The number of carbonyl (C=O) groups is 2. The highest BCUT2D eigenvalue weighted by atomic mass is 19.1. The summed E-state index contributed by atoms with van der Waals surface area (Å²) in [6.07, 6.45) is -0.0521. The number of aliphatic hydroxyl groups excluding tert-OH is 1. The Morgan fingerprint density at radius 2 is 1.93 bits per heavy atom. The summed E-state index contributed by atoms with van der Waals surface area (Å²) in [6, 6.07) is 5.30. The fourth-order valence-electron chi connectivity index (χ4n) is 3.27. The maximum Gasteiger partial charge on any atom is 0.341 e. The number of hydrogen-bond acceptors (Lipinski definition) is 5. The second-order valence-electron chi connectivity index (χ2n) is 6.55. The predicted octanol–water partition coefficient (Wildman–Crippen LogP) is 1.46. The number of carboxylic acid groups (broad SMARTS) is 1. The van der Waals surface area contributed by atoms with Gasteiger partial charge in [0.15, 0.2) is 5.65 Å². The van der Waals surface area contributed by atoms with Crippen LogP contribution in [0.5, 0.6) is 0 Å². The molecular weight excluding hydrogens is 388 g/mol. The number of aliphatic hydroxyl groups is 1. The van der Waals surface area contributed by atoms with Crippen LogP contribution in [0.15, 0.2) is 41.3 Å². The topological polar surface area (TPSA) is 113 Å². The summed E-state index contributed by atoms with van der Waals surface area (Å²) >= 11 is 0. The highest BCUT2D eigenvalue weighted by Gasteiger charge is 2.30. The monoisotopic (exact) mass is 401 g/mol. The van der Waals surface area contributed by atoms with E-state index in [0.29, 0.717) is 6.07 Å². The molecule has 1 aliphatic rings. The number of benzene rings is 1. The number of fused-ring (bicyclic) bond motifs is 1. The molecule has 2 aromatic heterocycles. The quantitative estimate of drug-likeness (QED) is 0.687. The zero-order valence-corrected chi connectivity index (χ0v) is 14.7. The highest BCUT2D eigenvalue weighted by Crippen LogP contribution is 2.25. The van der Waals surface area contributed by atoms with Gasteiger partial charge in [-0.25, -0.2) is 18.6 Å². The van der Waals surface area contributed by atoms with Crippen LogP contribution in [0.4, 0.5) is 14.6 Å². The van der Waals surface area contributed by atoms with Crippen molar-refractivity contribution in [3.63, 3.8) is 0 Å². The van der Waals surface area contributed by atoms with Gasteiger partial charge in [0.2, 0.25) is 11.3 Å². The summed E-state index contributed by atoms with van der Waals surface area (Å²) in [7, 11) is 0. The molecule has 3 aromatic rings. The summed E-state index contributed by atoms with van der Waals surface area (Å²) in [5.74, 6) is -3.62. The van der Waals surface area contributed by atoms with Crippen LogP contribution in [-0.2, 0) is 4.79 Å². The van der Waals surface area contributed by atoms with E-state index in [1.807, 2.05) is 0 Å². The third-order valence-corrected chi connectivity index (χ3v) is 4.62. The minimum Gasteiger partial charge on any atom is -0.477 e. The maximum absolute atomic E-state index is 14.4. The molecule has 0 unspecified atom stereocenters. The summed E-state index contributed by atoms with van der Waals surface area (Å²) in [6.45, 7) is -0.000307. The number of anilines is 1. The molecule has 29 heavy (non-hydrogen) atoms. The molecule has 10 heteroatoms. The second-order valence-corrected chi connectivity index (χ2v) is 6.55. The van der Waals surface area contributed by atoms with Gasteiger partial charge in [0.25, 0.3) is 0 Å². The largest absolute Gasteiger partial charge is 0.477 e. The van der Waals surface area contributed by atoms with Crippen LogP contribution in [-0.4, -0.2) is 44.3 Å². The van der Waals surface area contributed by atoms with E-state index in [4.69, 9.17) is 0 Å². The lowest BCUT2D eigenvalue weighted by molar-refractivity contribution is -0.117. The normalized spacial score (nSPS) is 16.6. The van der Waals surface area contributed by atoms with Crippen molar-refractivity contribution in [2.24, 2.45) is 0 Å². The Morgan fingerprint density at radius 1 is 1.17 bits per heavy atom. The first-order chi connectivity index (χ1) is 13.8. The molecule has 0 radical (unpaired) electrons. The Hall–Kier alpha value is -3.66. The molecule has 8 nitrogen and oxygen atoms in total. The Kier molecular flexibility index (Phi) is 4.35. The Labute approximate surface area is 161 Å². The number of nitrogens with zero attached hydrogens (tertiary/aromatic N) is 3. The minimum atomic E-state index is -1.52. The van der Waals surface area contributed by atoms with E-state index in [1.54, 1.807) is 0 Å². The van der Waals surface area contributed by atoms with Crippen molar-refractivity contribution in [2.75, 3.05) is 11.4 Å². The second kappa shape index (κ2) is 6.74. The molecule has 0 spiro atoms. The van der Waals surface area contributed by atoms with Gasteiger partial charge < -0.3 is 10.2 Å². The van der Waals surface area contributed by atoms with E-state index in [1.165, 1.54) is 17.0 Å². The van der Waals surface area contributed by atoms with Crippen molar-refractivity contribution in [1.82, 2.24) is 9.55 Å². The fourth-order valence-corrected chi connectivity index (χ4v) is 3.27. The summed E-state index contributed by atoms with van der Waals surface area (Å²) in [4.78, 5) is 41.5.